The summed E-state index contributed by atoms with van der Waals surface area (Å²) in [7, 11) is 1.66. The Balaban J connectivity index is 1.72. The summed E-state index contributed by atoms with van der Waals surface area (Å²) in [5, 5.41) is 9.73. The number of aromatic nitrogens is 4. The molecule has 0 radical (unpaired) electrons. The highest BCUT2D eigenvalue weighted by Crippen LogP contribution is 2.32. The third kappa shape index (κ3) is 4.58. The van der Waals surface area contributed by atoms with Gasteiger partial charge in [0.05, 0.1) is 17.3 Å². The first-order chi connectivity index (χ1) is 15.9. The monoisotopic (exact) mass is 448 g/mol. The van der Waals surface area contributed by atoms with Crippen molar-refractivity contribution < 1.29 is 14.3 Å². The highest BCUT2D eigenvalue weighted by atomic mass is 16.5. The molecule has 172 valence electrons. The molecular formula is C24H28N6O3. The maximum Gasteiger partial charge on any atom is 0.321 e. The van der Waals surface area contributed by atoms with Gasteiger partial charge in [0, 0.05) is 32.0 Å². The molecule has 0 aliphatic heterocycles. The number of rotatable bonds is 7. The average molecular weight is 449 g/mol. The van der Waals surface area contributed by atoms with Crippen molar-refractivity contribution in [2.24, 2.45) is 11.8 Å². The van der Waals surface area contributed by atoms with Gasteiger partial charge in [-0.15, -0.1) is 0 Å². The van der Waals surface area contributed by atoms with Crippen LogP contribution in [0, 0.1) is 11.8 Å². The van der Waals surface area contributed by atoms with Crippen molar-refractivity contribution in [2.45, 2.75) is 26.9 Å². The Labute approximate surface area is 191 Å². The van der Waals surface area contributed by atoms with Gasteiger partial charge in [-0.1, -0.05) is 19.1 Å². The lowest BCUT2D eigenvalue weighted by Crippen LogP contribution is -2.29. The van der Waals surface area contributed by atoms with E-state index in [1.54, 1.807) is 24.1 Å². The van der Waals surface area contributed by atoms with Crippen LogP contribution in [0.2, 0.25) is 0 Å². The number of hydrogen-bond donors (Lipinski definition) is 3. The molecule has 2 amide bonds. The molecule has 0 saturated heterocycles. The molecule has 2 heterocycles. The molecule has 0 saturated carbocycles. The molecule has 3 atom stereocenters. The largest absolute Gasteiger partial charge is 0.381 e. The van der Waals surface area contributed by atoms with Crippen LogP contribution in [0.5, 0.6) is 0 Å². The second kappa shape index (κ2) is 9.41. The highest BCUT2D eigenvalue weighted by molar-refractivity contribution is 6.05. The summed E-state index contributed by atoms with van der Waals surface area (Å²) in [4.78, 5) is 32.6. The van der Waals surface area contributed by atoms with Crippen LogP contribution in [0.15, 0.2) is 48.8 Å². The van der Waals surface area contributed by atoms with Crippen molar-refractivity contribution in [2.75, 3.05) is 19.0 Å². The van der Waals surface area contributed by atoms with Crippen LogP contribution in [0.1, 0.15) is 26.3 Å². The van der Waals surface area contributed by atoms with E-state index >= 15 is 0 Å². The molecule has 3 aromatic rings. The number of methoxy groups -OCH3 is 1. The fraction of sp³-hybridized carbons (Fsp3) is 0.333. The minimum Gasteiger partial charge on any atom is -0.381 e. The van der Waals surface area contributed by atoms with Crippen LogP contribution in [0.3, 0.4) is 0 Å². The highest BCUT2D eigenvalue weighted by Gasteiger charge is 2.28. The van der Waals surface area contributed by atoms with Gasteiger partial charge in [0.2, 0.25) is 5.95 Å². The van der Waals surface area contributed by atoms with E-state index in [4.69, 9.17) is 4.74 Å². The van der Waals surface area contributed by atoms with Gasteiger partial charge < -0.3 is 15.0 Å². The van der Waals surface area contributed by atoms with Gasteiger partial charge in [-0.2, -0.15) is 5.10 Å². The normalized spacial score (nSPS) is 17.6. The SMILES string of the molecule is CCNC(=O)Nc1nc2c(-n3cccn3)cc(C3=CC(=O)C(C(C)[C@@H](C)OC)C=C3)cc2[nH]1. The van der Waals surface area contributed by atoms with Gasteiger partial charge in [-0.05, 0) is 55.2 Å². The fourth-order valence-corrected chi connectivity index (χ4v) is 3.94. The summed E-state index contributed by atoms with van der Waals surface area (Å²) >= 11 is 0. The lowest BCUT2D eigenvalue weighted by Gasteiger charge is -2.26. The van der Waals surface area contributed by atoms with Gasteiger partial charge in [0.25, 0.3) is 0 Å². The summed E-state index contributed by atoms with van der Waals surface area (Å²) < 4.78 is 7.12. The van der Waals surface area contributed by atoms with Gasteiger partial charge in [0.15, 0.2) is 5.78 Å². The summed E-state index contributed by atoms with van der Waals surface area (Å²) in [5.74, 6) is 0.216. The number of carbonyl (C=O) groups is 2. The van der Waals surface area contributed by atoms with Crippen molar-refractivity contribution in [3.63, 3.8) is 0 Å². The van der Waals surface area contributed by atoms with Crippen molar-refractivity contribution in [3.05, 3.63) is 54.4 Å². The molecule has 4 rings (SSSR count). The number of ketones is 1. The number of H-pyrrole nitrogens is 1. The second-order valence-corrected chi connectivity index (χ2v) is 8.10. The van der Waals surface area contributed by atoms with Crippen LogP contribution in [-0.4, -0.2) is 51.3 Å². The molecule has 2 aromatic heterocycles. The van der Waals surface area contributed by atoms with Crippen LogP contribution in [0.25, 0.3) is 22.3 Å². The minimum atomic E-state index is -0.341. The summed E-state index contributed by atoms with van der Waals surface area (Å²) in [6.45, 7) is 6.34. The smallest absolute Gasteiger partial charge is 0.321 e. The van der Waals surface area contributed by atoms with Gasteiger partial charge in [-0.25, -0.2) is 14.5 Å². The number of nitrogens with zero attached hydrogens (tertiary/aromatic N) is 3. The zero-order chi connectivity index (χ0) is 23.5. The Morgan fingerprint density at radius 2 is 2.15 bits per heavy atom. The number of ether oxygens (including phenoxy) is 1. The quantitative estimate of drug-likeness (QED) is 0.510. The predicted molar refractivity (Wildman–Crippen MR) is 127 cm³/mol. The molecule has 33 heavy (non-hydrogen) atoms. The number of amides is 2. The molecule has 0 spiro atoms. The van der Waals surface area contributed by atoms with E-state index in [9.17, 15) is 9.59 Å². The van der Waals surface area contributed by atoms with Crippen LogP contribution in [0.4, 0.5) is 10.7 Å². The molecular weight excluding hydrogens is 420 g/mol. The topological polar surface area (TPSA) is 114 Å². The number of aromatic amines is 1. The van der Waals surface area contributed by atoms with E-state index in [1.807, 2.05) is 57.3 Å². The van der Waals surface area contributed by atoms with Crippen molar-refractivity contribution in [3.8, 4) is 5.69 Å². The Kier molecular flexibility index (Phi) is 6.41. The first-order valence-corrected chi connectivity index (χ1v) is 11.0. The zero-order valence-corrected chi connectivity index (χ0v) is 19.1. The molecule has 2 unspecified atom stereocenters. The van der Waals surface area contributed by atoms with E-state index in [0.717, 1.165) is 22.3 Å². The van der Waals surface area contributed by atoms with Crippen LogP contribution < -0.4 is 10.6 Å². The number of allylic oxidation sites excluding steroid dienone is 4. The zero-order valence-electron chi connectivity index (χ0n) is 19.1. The van der Waals surface area contributed by atoms with Crippen LogP contribution >= 0.6 is 0 Å². The van der Waals surface area contributed by atoms with E-state index in [0.29, 0.717) is 18.0 Å². The Hall–Kier alpha value is -3.72. The maximum atomic E-state index is 12.9. The van der Waals surface area contributed by atoms with Gasteiger partial charge >= 0.3 is 6.03 Å². The number of carbonyl (C=O) groups excluding carboxylic acids is 2. The third-order valence-corrected chi connectivity index (χ3v) is 6.01. The average Bonchev–Trinajstić information content (AvgIpc) is 3.47. The summed E-state index contributed by atoms with van der Waals surface area (Å²) in [5.41, 5.74) is 3.75. The lowest BCUT2D eigenvalue weighted by atomic mass is 9.81. The molecule has 1 aliphatic rings. The predicted octanol–water partition coefficient (Wildman–Crippen LogP) is 3.70. The molecule has 3 N–H and O–H groups in total. The van der Waals surface area contributed by atoms with Crippen molar-refractivity contribution >= 4 is 34.4 Å². The first-order valence-electron chi connectivity index (χ1n) is 11.0. The van der Waals surface area contributed by atoms with Gasteiger partial charge in [-0.3, -0.25) is 10.1 Å². The molecule has 1 aromatic carbocycles. The fourth-order valence-electron chi connectivity index (χ4n) is 3.94. The number of urea groups is 1. The van der Waals surface area contributed by atoms with Crippen molar-refractivity contribution in [1.29, 1.82) is 0 Å². The third-order valence-electron chi connectivity index (χ3n) is 6.01. The minimum absolute atomic E-state index is 0.0258. The summed E-state index contributed by atoms with van der Waals surface area (Å²) in [6.07, 6.45) is 9.09. The molecule has 0 bridgehead atoms. The Morgan fingerprint density at radius 3 is 2.82 bits per heavy atom. The standard InChI is InChI=1S/C24H28N6O3/c1-5-25-24(32)29-23-27-19-11-17(12-20(22(19)28-23)30-10-6-9-26-30)16-7-8-18(21(31)13-16)14(2)15(3)33-4/h6-15,18H,5H2,1-4H3,(H3,25,27,28,29,32)/t14?,15-,18?/m1/s1. The number of nitrogens with one attached hydrogen (secondary N) is 3. The maximum absolute atomic E-state index is 12.9. The van der Waals surface area contributed by atoms with E-state index in [1.165, 1.54) is 0 Å². The summed E-state index contributed by atoms with van der Waals surface area (Å²) in [6, 6.07) is 5.34. The van der Waals surface area contributed by atoms with Crippen LogP contribution in [-0.2, 0) is 9.53 Å². The lowest BCUT2D eigenvalue weighted by molar-refractivity contribution is -0.119. The molecule has 9 nitrogen and oxygen atoms in total. The molecule has 1 aliphatic carbocycles. The first kappa shape index (κ1) is 22.5. The Bertz CT molecular complexity index is 1220. The number of benzene rings is 1. The molecule has 9 heteroatoms. The van der Waals surface area contributed by atoms with E-state index in [2.05, 4.69) is 25.7 Å². The second-order valence-electron chi connectivity index (χ2n) is 8.10. The van der Waals surface area contributed by atoms with Crippen molar-refractivity contribution in [1.82, 2.24) is 25.1 Å². The van der Waals surface area contributed by atoms with E-state index in [-0.39, 0.29) is 29.8 Å². The number of hydrogen-bond acceptors (Lipinski definition) is 5. The number of imidazole rings is 1. The van der Waals surface area contributed by atoms with E-state index < -0.39 is 0 Å². The Morgan fingerprint density at radius 1 is 1.33 bits per heavy atom. The molecule has 0 fully saturated rings. The number of fused-ring (bicyclic) bond motifs is 1. The van der Waals surface area contributed by atoms with Gasteiger partial charge in [0.1, 0.15) is 5.52 Å². The number of anilines is 1.